The van der Waals surface area contributed by atoms with Crippen LogP contribution in [0.2, 0.25) is 0 Å². The van der Waals surface area contributed by atoms with Crippen LogP contribution in [-0.4, -0.2) is 28.5 Å². The Hall–Kier alpha value is -3.52. The van der Waals surface area contributed by atoms with E-state index in [9.17, 15) is 13.2 Å². The molecule has 0 unspecified atom stereocenters. The zero-order chi connectivity index (χ0) is 23.3. The summed E-state index contributed by atoms with van der Waals surface area (Å²) in [6.45, 7) is 3.82. The SMILES string of the molecule is COc1ccc(CNC(=O)c2cccc(NS(=O)(=O)c3cc(C)ccc3C)c2)c(OC)c1. The first-order valence-corrected chi connectivity index (χ1v) is 11.4. The van der Waals surface area contributed by atoms with Gasteiger partial charge in [0.2, 0.25) is 0 Å². The number of carbonyl (C=O) groups is 1. The van der Waals surface area contributed by atoms with Gasteiger partial charge in [0.05, 0.1) is 19.1 Å². The number of hydrogen-bond donors (Lipinski definition) is 2. The van der Waals surface area contributed by atoms with Crippen LogP contribution in [0.1, 0.15) is 27.0 Å². The molecule has 2 N–H and O–H groups in total. The van der Waals surface area contributed by atoms with E-state index in [0.717, 1.165) is 11.1 Å². The second kappa shape index (κ2) is 9.74. The number of nitrogens with one attached hydrogen (secondary N) is 2. The first kappa shape index (κ1) is 23.1. The van der Waals surface area contributed by atoms with Gasteiger partial charge in [-0.15, -0.1) is 0 Å². The molecule has 1 amide bonds. The van der Waals surface area contributed by atoms with Crippen molar-refractivity contribution in [2.45, 2.75) is 25.3 Å². The molecule has 0 aromatic heterocycles. The van der Waals surface area contributed by atoms with Gasteiger partial charge in [-0.05, 0) is 61.4 Å². The highest BCUT2D eigenvalue weighted by atomic mass is 32.2. The smallest absolute Gasteiger partial charge is 0.262 e. The molecule has 0 aliphatic carbocycles. The number of methoxy groups -OCH3 is 2. The van der Waals surface area contributed by atoms with Crippen LogP contribution in [0, 0.1) is 13.8 Å². The average Bonchev–Trinajstić information content (AvgIpc) is 2.78. The van der Waals surface area contributed by atoms with Gasteiger partial charge in [0, 0.05) is 29.4 Å². The average molecular weight is 455 g/mol. The molecular formula is C24H26N2O5S. The maximum atomic E-state index is 12.9. The third-order valence-electron chi connectivity index (χ3n) is 4.94. The summed E-state index contributed by atoms with van der Waals surface area (Å²) in [4.78, 5) is 12.9. The number of aryl methyl sites for hydroxylation is 2. The van der Waals surface area contributed by atoms with E-state index in [0.29, 0.717) is 28.3 Å². The summed E-state index contributed by atoms with van der Waals surface area (Å²) in [7, 11) is -0.676. The highest BCUT2D eigenvalue weighted by Crippen LogP contribution is 2.25. The van der Waals surface area contributed by atoms with Gasteiger partial charge in [-0.2, -0.15) is 0 Å². The Morgan fingerprint density at radius 1 is 0.938 bits per heavy atom. The van der Waals surface area contributed by atoms with Crippen molar-refractivity contribution in [2.24, 2.45) is 0 Å². The van der Waals surface area contributed by atoms with Gasteiger partial charge >= 0.3 is 0 Å². The summed E-state index contributed by atoms with van der Waals surface area (Å²) >= 11 is 0. The lowest BCUT2D eigenvalue weighted by molar-refractivity contribution is 0.0950. The molecule has 0 saturated heterocycles. The van der Waals surface area contributed by atoms with Crippen LogP contribution in [0.5, 0.6) is 11.5 Å². The highest BCUT2D eigenvalue weighted by Gasteiger charge is 2.18. The molecule has 0 fully saturated rings. The molecule has 3 aromatic rings. The van der Waals surface area contributed by atoms with Crippen molar-refractivity contribution in [3.05, 3.63) is 82.9 Å². The fourth-order valence-corrected chi connectivity index (χ4v) is 4.59. The van der Waals surface area contributed by atoms with Gasteiger partial charge < -0.3 is 14.8 Å². The van der Waals surface area contributed by atoms with Gasteiger partial charge in [0.25, 0.3) is 15.9 Å². The molecule has 0 spiro atoms. The number of anilines is 1. The molecule has 0 atom stereocenters. The van der Waals surface area contributed by atoms with E-state index >= 15 is 0 Å². The van der Waals surface area contributed by atoms with Crippen molar-refractivity contribution in [3.63, 3.8) is 0 Å². The number of carbonyl (C=O) groups excluding carboxylic acids is 1. The van der Waals surface area contributed by atoms with E-state index < -0.39 is 10.0 Å². The van der Waals surface area contributed by atoms with E-state index in [4.69, 9.17) is 9.47 Å². The Labute approximate surface area is 188 Å². The molecule has 0 aliphatic heterocycles. The minimum Gasteiger partial charge on any atom is -0.497 e. The maximum absolute atomic E-state index is 12.9. The van der Waals surface area contributed by atoms with Crippen molar-refractivity contribution in [1.82, 2.24) is 5.32 Å². The van der Waals surface area contributed by atoms with Crippen LogP contribution >= 0.6 is 0 Å². The lowest BCUT2D eigenvalue weighted by Gasteiger charge is -2.13. The third-order valence-corrected chi connectivity index (χ3v) is 6.47. The Bertz CT molecular complexity index is 1240. The lowest BCUT2D eigenvalue weighted by Crippen LogP contribution is -2.23. The fraction of sp³-hybridized carbons (Fsp3) is 0.208. The second-order valence-corrected chi connectivity index (χ2v) is 8.97. The summed E-state index contributed by atoms with van der Waals surface area (Å²) < 4.78 is 38.8. The zero-order valence-corrected chi connectivity index (χ0v) is 19.2. The summed E-state index contributed by atoms with van der Waals surface area (Å²) in [5.74, 6) is 0.913. The molecule has 32 heavy (non-hydrogen) atoms. The van der Waals surface area contributed by atoms with Crippen LogP contribution in [0.4, 0.5) is 5.69 Å². The molecule has 3 rings (SSSR count). The Balaban J connectivity index is 1.74. The van der Waals surface area contributed by atoms with Gasteiger partial charge in [-0.25, -0.2) is 8.42 Å². The molecule has 0 heterocycles. The molecule has 0 saturated carbocycles. The van der Waals surface area contributed by atoms with E-state index in [2.05, 4.69) is 10.0 Å². The topological polar surface area (TPSA) is 93.7 Å². The summed E-state index contributed by atoms with van der Waals surface area (Å²) in [6.07, 6.45) is 0. The number of hydrogen-bond acceptors (Lipinski definition) is 5. The largest absolute Gasteiger partial charge is 0.497 e. The first-order valence-electron chi connectivity index (χ1n) is 9.92. The van der Waals surface area contributed by atoms with E-state index in [-0.39, 0.29) is 17.3 Å². The number of sulfonamides is 1. The Kier molecular flexibility index (Phi) is 7.05. The van der Waals surface area contributed by atoms with Crippen LogP contribution in [0.3, 0.4) is 0 Å². The molecule has 168 valence electrons. The second-order valence-electron chi connectivity index (χ2n) is 7.32. The van der Waals surface area contributed by atoms with E-state index in [1.54, 1.807) is 63.6 Å². The van der Waals surface area contributed by atoms with Gasteiger partial charge in [0.15, 0.2) is 0 Å². The first-order chi connectivity index (χ1) is 15.2. The zero-order valence-electron chi connectivity index (χ0n) is 18.4. The van der Waals surface area contributed by atoms with Crippen molar-refractivity contribution < 1.29 is 22.7 Å². The molecule has 0 radical (unpaired) electrons. The number of benzene rings is 3. The molecular weight excluding hydrogens is 428 g/mol. The van der Waals surface area contributed by atoms with Gasteiger partial charge in [0.1, 0.15) is 11.5 Å². The van der Waals surface area contributed by atoms with Crippen molar-refractivity contribution >= 4 is 21.6 Å². The van der Waals surface area contributed by atoms with Crippen LogP contribution in [0.15, 0.2) is 65.6 Å². The molecule has 0 bridgehead atoms. The molecule has 0 aliphatic rings. The standard InChI is InChI=1S/C24H26N2O5S/c1-16-8-9-17(2)23(12-16)32(28,29)26-20-7-5-6-18(13-20)24(27)25-15-19-10-11-21(30-3)14-22(19)31-4/h5-14,26H,15H2,1-4H3,(H,25,27). The Morgan fingerprint density at radius 3 is 2.44 bits per heavy atom. The molecule has 7 nitrogen and oxygen atoms in total. The number of ether oxygens (including phenoxy) is 2. The molecule has 8 heteroatoms. The summed E-state index contributed by atoms with van der Waals surface area (Å²) in [6, 6.07) is 16.9. The lowest BCUT2D eigenvalue weighted by atomic mass is 10.1. The predicted octanol–water partition coefficient (Wildman–Crippen LogP) is 4.05. The Morgan fingerprint density at radius 2 is 1.72 bits per heavy atom. The quantitative estimate of drug-likeness (QED) is 0.536. The maximum Gasteiger partial charge on any atom is 0.262 e. The van der Waals surface area contributed by atoms with Crippen molar-refractivity contribution in [1.29, 1.82) is 0 Å². The van der Waals surface area contributed by atoms with Gasteiger partial charge in [-0.1, -0.05) is 18.2 Å². The number of rotatable bonds is 8. The van der Waals surface area contributed by atoms with E-state index in [1.807, 2.05) is 19.1 Å². The molecule has 3 aromatic carbocycles. The van der Waals surface area contributed by atoms with Gasteiger partial charge in [-0.3, -0.25) is 9.52 Å². The van der Waals surface area contributed by atoms with Crippen molar-refractivity contribution in [3.8, 4) is 11.5 Å². The minimum absolute atomic E-state index is 0.207. The highest BCUT2D eigenvalue weighted by molar-refractivity contribution is 7.92. The monoisotopic (exact) mass is 454 g/mol. The van der Waals surface area contributed by atoms with Crippen molar-refractivity contribution in [2.75, 3.05) is 18.9 Å². The third kappa shape index (κ3) is 5.39. The van der Waals surface area contributed by atoms with E-state index in [1.165, 1.54) is 6.07 Å². The summed E-state index contributed by atoms with van der Waals surface area (Å²) in [5, 5.41) is 2.83. The van der Waals surface area contributed by atoms with Crippen LogP contribution in [-0.2, 0) is 16.6 Å². The number of amides is 1. The fourth-order valence-electron chi connectivity index (χ4n) is 3.21. The van der Waals surface area contributed by atoms with Crippen LogP contribution < -0.4 is 19.5 Å². The predicted molar refractivity (Wildman–Crippen MR) is 124 cm³/mol. The normalized spacial score (nSPS) is 11.0. The summed E-state index contributed by atoms with van der Waals surface area (Å²) in [5.41, 5.74) is 2.91. The van der Waals surface area contributed by atoms with Crippen LogP contribution in [0.25, 0.3) is 0 Å². The minimum atomic E-state index is -3.79.